The molecule has 0 aromatic heterocycles. The van der Waals surface area contributed by atoms with E-state index >= 15 is 0 Å². The zero-order chi connectivity index (χ0) is 21.8. The Morgan fingerprint density at radius 1 is 1.06 bits per heavy atom. The van der Waals surface area contributed by atoms with Gasteiger partial charge in [-0.25, -0.2) is 0 Å². The molecule has 3 amide bonds. The molecule has 0 saturated carbocycles. The van der Waals surface area contributed by atoms with E-state index in [1.54, 1.807) is 18.2 Å². The molecule has 0 radical (unpaired) electrons. The third-order valence-electron chi connectivity index (χ3n) is 5.77. The van der Waals surface area contributed by atoms with E-state index in [1.807, 2.05) is 36.1 Å². The summed E-state index contributed by atoms with van der Waals surface area (Å²) in [5.41, 5.74) is 2.72. The summed E-state index contributed by atoms with van der Waals surface area (Å²) in [5.74, 6) is -0.165. The van der Waals surface area contributed by atoms with Crippen molar-refractivity contribution in [1.82, 2.24) is 4.90 Å². The molecule has 31 heavy (non-hydrogen) atoms. The molecule has 1 saturated heterocycles. The Balaban J connectivity index is 1.54. The molecule has 2 heterocycles. The number of nitrogens with one attached hydrogen (secondary N) is 1. The van der Waals surface area contributed by atoms with Crippen LogP contribution in [-0.4, -0.2) is 48.9 Å². The first-order valence-electron chi connectivity index (χ1n) is 10.8. The molecule has 0 atom stereocenters. The lowest BCUT2D eigenvalue weighted by Crippen LogP contribution is -2.43. The topological polar surface area (TPSA) is 79.0 Å². The number of nitrogens with zero attached hydrogens (tertiary/aromatic N) is 2. The van der Waals surface area contributed by atoms with Crippen LogP contribution in [0.2, 0.25) is 0 Å². The van der Waals surface area contributed by atoms with Crippen LogP contribution in [0.4, 0.5) is 11.4 Å². The number of hydrogen-bond donors (Lipinski definition) is 1. The third kappa shape index (κ3) is 4.55. The van der Waals surface area contributed by atoms with Gasteiger partial charge in [0.05, 0.1) is 5.69 Å². The lowest BCUT2D eigenvalue weighted by atomic mass is 10.1. The molecule has 7 nitrogen and oxygen atoms in total. The lowest BCUT2D eigenvalue weighted by Gasteiger charge is -2.30. The van der Waals surface area contributed by atoms with Crippen LogP contribution in [0.25, 0.3) is 0 Å². The maximum absolute atomic E-state index is 12.9. The lowest BCUT2D eigenvalue weighted by molar-refractivity contribution is -0.123. The smallest absolute Gasteiger partial charge is 0.265 e. The van der Waals surface area contributed by atoms with Crippen molar-refractivity contribution in [2.45, 2.75) is 32.6 Å². The quantitative estimate of drug-likeness (QED) is 0.804. The highest BCUT2D eigenvalue weighted by atomic mass is 16.5. The van der Waals surface area contributed by atoms with Gasteiger partial charge >= 0.3 is 0 Å². The number of anilines is 2. The molecular weight excluding hydrogens is 394 g/mol. The predicted molar refractivity (Wildman–Crippen MR) is 118 cm³/mol. The Morgan fingerprint density at radius 3 is 2.61 bits per heavy atom. The van der Waals surface area contributed by atoms with Gasteiger partial charge in [-0.1, -0.05) is 25.1 Å². The Morgan fingerprint density at radius 2 is 1.84 bits per heavy atom. The van der Waals surface area contributed by atoms with Crippen LogP contribution in [0.1, 0.15) is 42.1 Å². The van der Waals surface area contributed by atoms with Gasteiger partial charge in [0, 0.05) is 24.3 Å². The molecule has 0 aliphatic carbocycles. The van der Waals surface area contributed by atoms with Crippen LogP contribution in [0.5, 0.6) is 5.75 Å². The van der Waals surface area contributed by atoms with Crippen LogP contribution in [0.3, 0.4) is 0 Å². The largest absolute Gasteiger partial charge is 0.482 e. The van der Waals surface area contributed by atoms with Gasteiger partial charge in [0.15, 0.2) is 6.61 Å². The standard InChI is InChI=1S/C24H27N3O4/c1-2-17-8-4-5-9-19(17)25-22(28)15-27-20-14-18(10-11-21(20)31-16-23(27)29)24(30)26-12-6-3-7-13-26/h4-5,8-11,14H,2-3,6-7,12-13,15-16H2,1H3,(H,25,28). The second kappa shape index (κ2) is 9.20. The van der Waals surface area contributed by atoms with E-state index in [4.69, 9.17) is 4.74 Å². The van der Waals surface area contributed by atoms with E-state index in [1.165, 1.54) is 4.90 Å². The summed E-state index contributed by atoms with van der Waals surface area (Å²) in [6, 6.07) is 12.7. The van der Waals surface area contributed by atoms with Crippen molar-refractivity contribution in [3.63, 3.8) is 0 Å². The molecule has 162 valence electrons. The highest BCUT2D eigenvalue weighted by Gasteiger charge is 2.29. The summed E-state index contributed by atoms with van der Waals surface area (Å²) in [4.78, 5) is 41.5. The van der Waals surface area contributed by atoms with Crippen molar-refractivity contribution in [3.8, 4) is 5.75 Å². The average molecular weight is 421 g/mol. The van der Waals surface area contributed by atoms with Gasteiger partial charge in [-0.05, 0) is 55.5 Å². The Labute approximate surface area is 182 Å². The number of carbonyl (C=O) groups excluding carboxylic acids is 3. The summed E-state index contributed by atoms with van der Waals surface area (Å²) >= 11 is 0. The number of amides is 3. The minimum Gasteiger partial charge on any atom is -0.482 e. The number of benzene rings is 2. The van der Waals surface area contributed by atoms with E-state index in [0.717, 1.165) is 50.0 Å². The average Bonchev–Trinajstić information content (AvgIpc) is 2.81. The van der Waals surface area contributed by atoms with Gasteiger partial charge in [0.2, 0.25) is 5.91 Å². The highest BCUT2D eigenvalue weighted by Crippen LogP contribution is 2.33. The third-order valence-corrected chi connectivity index (χ3v) is 5.77. The molecule has 1 N–H and O–H groups in total. The Bertz CT molecular complexity index is 998. The number of piperidine rings is 1. The van der Waals surface area contributed by atoms with Crippen LogP contribution >= 0.6 is 0 Å². The number of para-hydroxylation sites is 1. The number of ether oxygens (including phenoxy) is 1. The SMILES string of the molecule is CCc1ccccc1NC(=O)CN1C(=O)COc2ccc(C(=O)N3CCCCC3)cc21. The summed E-state index contributed by atoms with van der Waals surface area (Å²) < 4.78 is 5.53. The van der Waals surface area contributed by atoms with E-state index in [0.29, 0.717) is 17.0 Å². The van der Waals surface area contributed by atoms with Crippen LogP contribution in [0.15, 0.2) is 42.5 Å². The van der Waals surface area contributed by atoms with Crippen molar-refractivity contribution in [2.24, 2.45) is 0 Å². The summed E-state index contributed by atoms with van der Waals surface area (Å²) in [6.45, 7) is 3.23. The maximum Gasteiger partial charge on any atom is 0.265 e. The molecule has 7 heteroatoms. The van der Waals surface area contributed by atoms with Gasteiger partial charge < -0.3 is 15.0 Å². The Hall–Kier alpha value is -3.35. The van der Waals surface area contributed by atoms with Gasteiger partial charge in [0.1, 0.15) is 12.3 Å². The summed E-state index contributed by atoms with van der Waals surface area (Å²) in [5, 5.41) is 2.90. The van der Waals surface area contributed by atoms with Gasteiger partial charge in [0.25, 0.3) is 11.8 Å². The number of aryl methyl sites for hydroxylation is 1. The first-order chi connectivity index (χ1) is 15.1. The number of fused-ring (bicyclic) bond motifs is 1. The normalized spacial score (nSPS) is 15.8. The number of likely N-dealkylation sites (tertiary alicyclic amines) is 1. The van der Waals surface area contributed by atoms with Gasteiger partial charge in [-0.3, -0.25) is 19.3 Å². The molecule has 2 aromatic carbocycles. The first kappa shape index (κ1) is 20.9. The fourth-order valence-electron chi connectivity index (χ4n) is 4.07. The van der Waals surface area contributed by atoms with Gasteiger partial charge in [-0.2, -0.15) is 0 Å². The van der Waals surface area contributed by atoms with Gasteiger partial charge in [-0.15, -0.1) is 0 Å². The van der Waals surface area contributed by atoms with E-state index in [2.05, 4.69) is 5.32 Å². The van der Waals surface area contributed by atoms with Crippen LogP contribution in [0, 0.1) is 0 Å². The second-order valence-corrected chi connectivity index (χ2v) is 7.86. The van der Waals surface area contributed by atoms with E-state index in [9.17, 15) is 14.4 Å². The number of hydrogen-bond acceptors (Lipinski definition) is 4. The second-order valence-electron chi connectivity index (χ2n) is 7.86. The molecule has 1 fully saturated rings. The fraction of sp³-hybridized carbons (Fsp3) is 0.375. The van der Waals surface area contributed by atoms with Crippen molar-refractivity contribution in [3.05, 3.63) is 53.6 Å². The van der Waals surface area contributed by atoms with Crippen LogP contribution < -0.4 is 15.0 Å². The maximum atomic E-state index is 12.9. The Kier molecular flexibility index (Phi) is 6.21. The molecule has 4 rings (SSSR count). The monoisotopic (exact) mass is 421 g/mol. The summed E-state index contributed by atoms with van der Waals surface area (Å²) in [7, 11) is 0. The molecular formula is C24H27N3O4. The minimum absolute atomic E-state index is 0.0539. The molecule has 2 aliphatic heterocycles. The van der Waals surface area contributed by atoms with E-state index in [-0.39, 0.29) is 30.9 Å². The first-order valence-corrected chi connectivity index (χ1v) is 10.8. The molecule has 2 aliphatic rings. The van der Waals surface area contributed by atoms with Crippen LogP contribution in [-0.2, 0) is 16.0 Å². The molecule has 0 unspecified atom stereocenters. The van der Waals surface area contributed by atoms with Crippen molar-refractivity contribution in [1.29, 1.82) is 0 Å². The molecule has 0 spiro atoms. The van der Waals surface area contributed by atoms with Crippen molar-refractivity contribution >= 4 is 29.1 Å². The minimum atomic E-state index is -0.311. The zero-order valence-electron chi connectivity index (χ0n) is 17.7. The molecule has 0 bridgehead atoms. The number of carbonyl (C=O) groups is 3. The predicted octanol–water partition coefficient (Wildman–Crippen LogP) is 3.24. The van der Waals surface area contributed by atoms with Crippen molar-refractivity contribution in [2.75, 3.05) is 36.5 Å². The molecule has 2 aromatic rings. The fourth-order valence-corrected chi connectivity index (χ4v) is 4.07. The zero-order valence-corrected chi connectivity index (χ0v) is 17.7. The number of rotatable bonds is 5. The van der Waals surface area contributed by atoms with E-state index < -0.39 is 0 Å². The highest BCUT2D eigenvalue weighted by molar-refractivity contribution is 6.06. The van der Waals surface area contributed by atoms with Crippen molar-refractivity contribution < 1.29 is 19.1 Å². The summed E-state index contributed by atoms with van der Waals surface area (Å²) in [6.07, 6.45) is 3.94.